The smallest absolute Gasteiger partial charge is 0.335 e. The molecule has 0 aromatic heterocycles. The third kappa shape index (κ3) is 2.98. The number of nitrogens with one attached hydrogen (secondary N) is 1. The molecule has 0 spiro atoms. The molecule has 0 radical (unpaired) electrons. The Morgan fingerprint density at radius 2 is 2.26 bits per heavy atom. The van der Waals surface area contributed by atoms with E-state index >= 15 is 0 Å². The van der Waals surface area contributed by atoms with Gasteiger partial charge in [0.25, 0.3) is 0 Å². The van der Waals surface area contributed by atoms with Crippen molar-refractivity contribution < 1.29 is 9.90 Å². The number of rotatable bonds is 4. The molecule has 0 atom stereocenters. The zero-order chi connectivity index (χ0) is 14.0. The zero-order valence-corrected chi connectivity index (χ0v) is 11.4. The zero-order valence-electron chi connectivity index (χ0n) is 11.4. The molecule has 0 saturated carbocycles. The number of anilines is 2. The van der Waals surface area contributed by atoms with Crippen molar-refractivity contribution in [1.82, 2.24) is 0 Å². The summed E-state index contributed by atoms with van der Waals surface area (Å²) in [6, 6.07) is 5.20. The van der Waals surface area contributed by atoms with Crippen LogP contribution in [-0.4, -0.2) is 37.3 Å². The number of nitrogens with zero attached hydrogens (tertiary/aromatic N) is 1. The molecule has 0 amide bonds. The summed E-state index contributed by atoms with van der Waals surface area (Å²) >= 11 is 0. The summed E-state index contributed by atoms with van der Waals surface area (Å²) < 4.78 is 0. The van der Waals surface area contributed by atoms with Crippen LogP contribution >= 0.6 is 0 Å². The Labute approximate surface area is 113 Å². The van der Waals surface area contributed by atoms with Crippen molar-refractivity contribution in [3.8, 4) is 0 Å². The highest BCUT2D eigenvalue weighted by Gasteiger charge is 2.24. The van der Waals surface area contributed by atoms with Gasteiger partial charge >= 0.3 is 5.97 Å². The molecule has 0 unspecified atom stereocenters. The maximum Gasteiger partial charge on any atom is 0.335 e. The van der Waals surface area contributed by atoms with E-state index in [2.05, 4.69) is 24.1 Å². The van der Waals surface area contributed by atoms with E-state index in [0.717, 1.165) is 31.0 Å². The molecule has 19 heavy (non-hydrogen) atoms. The van der Waals surface area contributed by atoms with E-state index in [1.165, 1.54) is 0 Å². The normalized spacial score (nSPS) is 14.8. The van der Waals surface area contributed by atoms with Gasteiger partial charge in [0.2, 0.25) is 0 Å². The van der Waals surface area contributed by atoms with Crippen LogP contribution in [0.25, 0.3) is 0 Å². The number of hydrogen-bond donors (Lipinski definition) is 3. The van der Waals surface area contributed by atoms with E-state index < -0.39 is 5.97 Å². The molecule has 5 heteroatoms. The van der Waals surface area contributed by atoms with Gasteiger partial charge in [0, 0.05) is 19.6 Å². The molecule has 0 saturated heterocycles. The van der Waals surface area contributed by atoms with Crippen molar-refractivity contribution in [2.24, 2.45) is 11.1 Å². The molecule has 104 valence electrons. The first kappa shape index (κ1) is 13.7. The van der Waals surface area contributed by atoms with Gasteiger partial charge in [-0.1, -0.05) is 13.8 Å². The van der Waals surface area contributed by atoms with E-state index in [-0.39, 0.29) is 5.41 Å². The molecule has 1 aliphatic heterocycles. The van der Waals surface area contributed by atoms with Gasteiger partial charge in [0.15, 0.2) is 0 Å². The van der Waals surface area contributed by atoms with Crippen molar-refractivity contribution in [3.05, 3.63) is 23.8 Å². The lowest BCUT2D eigenvalue weighted by molar-refractivity contribution is 0.0697. The summed E-state index contributed by atoms with van der Waals surface area (Å²) in [6.07, 6.45) is 0. The monoisotopic (exact) mass is 263 g/mol. The van der Waals surface area contributed by atoms with Gasteiger partial charge in [-0.25, -0.2) is 4.79 Å². The van der Waals surface area contributed by atoms with Gasteiger partial charge in [0.05, 0.1) is 16.9 Å². The number of hydrogen-bond acceptors (Lipinski definition) is 4. The highest BCUT2D eigenvalue weighted by Crippen LogP contribution is 2.32. The number of nitrogens with two attached hydrogens (primary N) is 1. The highest BCUT2D eigenvalue weighted by molar-refractivity contribution is 5.91. The van der Waals surface area contributed by atoms with Crippen LogP contribution in [0.1, 0.15) is 24.2 Å². The van der Waals surface area contributed by atoms with E-state index in [4.69, 9.17) is 10.8 Å². The van der Waals surface area contributed by atoms with Crippen molar-refractivity contribution in [2.75, 3.05) is 36.4 Å². The Bertz CT molecular complexity index is 486. The number of carboxylic acid groups (broad SMARTS) is 1. The van der Waals surface area contributed by atoms with Gasteiger partial charge in [-0.2, -0.15) is 0 Å². The first-order valence-electron chi connectivity index (χ1n) is 6.49. The van der Waals surface area contributed by atoms with Crippen molar-refractivity contribution >= 4 is 17.3 Å². The minimum absolute atomic E-state index is 0.00778. The quantitative estimate of drug-likeness (QED) is 0.769. The predicted molar refractivity (Wildman–Crippen MR) is 76.9 cm³/mol. The maximum absolute atomic E-state index is 11.1. The van der Waals surface area contributed by atoms with E-state index in [1.807, 2.05) is 6.07 Å². The van der Waals surface area contributed by atoms with Crippen LogP contribution in [0.3, 0.4) is 0 Å². The number of carbonyl (C=O) groups is 1. The minimum atomic E-state index is -0.897. The SMILES string of the molecule is CC(C)(CN)CN1CCNc2ccc(C(=O)O)cc21. The average molecular weight is 263 g/mol. The Morgan fingerprint density at radius 1 is 1.53 bits per heavy atom. The van der Waals surface area contributed by atoms with Crippen LogP contribution in [0, 0.1) is 5.41 Å². The lowest BCUT2D eigenvalue weighted by Crippen LogP contribution is -2.43. The standard InChI is InChI=1S/C14H21N3O2/c1-14(2,8-15)9-17-6-5-16-11-4-3-10(13(18)19)7-12(11)17/h3-4,7,16H,5-6,8-9,15H2,1-2H3,(H,18,19). The maximum atomic E-state index is 11.1. The summed E-state index contributed by atoms with van der Waals surface area (Å²) in [7, 11) is 0. The Balaban J connectivity index is 2.31. The summed E-state index contributed by atoms with van der Waals surface area (Å²) in [5.41, 5.74) is 8.05. The number of benzene rings is 1. The van der Waals surface area contributed by atoms with Gasteiger partial charge in [0.1, 0.15) is 0 Å². The third-order valence-corrected chi connectivity index (χ3v) is 3.45. The first-order valence-corrected chi connectivity index (χ1v) is 6.49. The van der Waals surface area contributed by atoms with E-state index in [0.29, 0.717) is 12.1 Å². The molecule has 4 N–H and O–H groups in total. The third-order valence-electron chi connectivity index (χ3n) is 3.45. The Hall–Kier alpha value is -1.75. The second-order valence-corrected chi connectivity index (χ2v) is 5.75. The lowest BCUT2D eigenvalue weighted by atomic mass is 9.92. The summed E-state index contributed by atoms with van der Waals surface area (Å²) in [5, 5.41) is 12.4. The predicted octanol–water partition coefficient (Wildman–Crippen LogP) is 1.60. The van der Waals surface area contributed by atoms with Crippen LogP contribution in [0.4, 0.5) is 11.4 Å². The van der Waals surface area contributed by atoms with Crippen LogP contribution in [-0.2, 0) is 0 Å². The highest BCUT2D eigenvalue weighted by atomic mass is 16.4. The van der Waals surface area contributed by atoms with Crippen molar-refractivity contribution in [2.45, 2.75) is 13.8 Å². The van der Waals surface area contributed by atoms with E-state index in [1.54, 1.807) is 12.1 Å². The average Bonchev–Trinajstić information content (AvgIpc) is 2.38. The molecule has 2 rings (SSSR count). The fourth-order valence-corrected chi connectivity index (χ4v) is 2.27. The number of aromatic carboxylic acids is 1. The second-order valence-electron chi connectivity index (χ2n) is 5.75. The molecule has 1 aromatic carbocycles. The lowest BCUT2D eigenvalue weighted by Gasteiger charge is -2.37. The van der Waals surface area contributed by atoms with Gasteiger partial charge in [-0.15, -0.1) is 0 Å². The number of carboxylic acids is 1. The van der Waals surface area contributed by atoms with Crippen LogP contribution < -0.4 is 16.0 Å². The van der Waals surface area contributed by atoms with E-state index in [9.17, 15) is 4.79 Å². The molecule has 1 aromatic rings. The minimum Gasteiger partial charge on any atom is -0.478 e. The van der Waals surface area contributed by atoms with Gasteiger partial charge < -0.3 is 21.1 Å². The molecule has 1 heterocycles. The fourth-order valence-electron chi connectivity index (χ4n) is 2.27. The molecular weight excluding hydrogens is 242 g/mol. The molecule has 0 fully saturated rings. The molecule has 1 aliphatic rings. The topological polar surface area (TPSA) is 78.6 Å². The molecule has 0 aliphatic carbocycles. The summed E-state index contributed by atoms with van der Waals surface area (Å²) in [5.74, 6) is -0.897. The van der Waals surface area contributed by atoms with Crippen LogP contribution in [0.2, 0.25) is 0 Å². The fraction of sp³-hybridized carbons (Fsp3) is 0.500. The first-order chi connectivity index (χ1) is 8.93. The largest absolute Gasteiger partial charge is 0.478 e. The molecule has 0 bridgehead atoms. The summed E-state index contributed by atoms with van der Waals surface area (Å²) in [6.45, 7) is 7.39. The second kappa shape index (κ2) is 5.09. The Morgan fingerprint density at radius 3 is 2.89 bits per heavy atom. The summed E-state index contributed by atoms with van der Waals surface area (Å²) in [4.78, 5) is 13.3. The van der Waals surface area contributed by atoms with Crippen molar-refractivity contribution in [1.29, 1.82) is 0 Å². The van der Waals surface area contributed by atoms with Gasteiger partial charge in [-0.05, 0) is 30.2 Å². The Kier molecular flexibility index (Phi) is 3.66. The molecule has 5 nitrogen and oxygen atoms in total. The van der Waals surface area contributed by atoms with Crippen LogP contribution in [0.5, 0.6) is 0 Å². The number of fused-ring (bicyclic) bond motifs is 1. The van der Waals surface area contributed by atoms with Crippen molar-refractivity contribution in [3.63, 3.8) is 0 Å². The molecular formula is C14H21N3O2. The van der Waals surface area contributed by atoms with Crippen LogP contribution in [0.15, 0.2) is 18.2 Å². The van der Waals surface area contributed by atoms with Gasteiger partial charge in [-0.3, -0.25) is 0 Å².